The molecule has 0 N–H and O–H groups in total. The molecule has 14 rings (SSSR count). The Morgan fingerprint density at radius 3 is 0.813 bits per heavy atom. The molecular weight excluding hydrogens is 1880 g/mol. The third-order valence-corrected chi connectivity index (χ3v) is 31.6. The van der Waals surface area contributed by atoms with Gasteiger partial charge in [-0.05, 0) is 250 Å². The van der Waals surface area contributed by atoms with Crippen LogP contribution in [0.15, 0.2) is 249 Å². The lowest BCUT2D eigenvalue weighted by Crippen LogP contribution is -2.22. The summed E-state index contributed by atoms with van der Waals surface area (Å²) in [5.74, 6) is 4.97. The van der Waals surface area contributed by atoms with Gasteiger partial charge in [0, 0.05) is 85.4 Å². The maximum Gasteiger partial charge on any atom is 0.131 e. The predicted octanol–water partition coefficient (Wildman–Crippen LogP) is 25.8. The molecular formula is C118H138F7O7P7. The van der Waals surface area contributed by atoms with Crippen LogP contribution in [-0.4, -0.2) is 49.8 Å². The second-order valence-electron chi connectivity index (χ2n) is 38.3. The highest BCUT2D eigenvalue weighted by atomic mass is 31.1. The highest BCUT2D eigenvalue weighted by Gasteiger charge is 2.28. The van der Waals surface area contributed by atoms with Crippen LogP contribution < -0.4 is 107 Å². The molecule has 0 saturated heterocycles. The van der Waals surface area contributed by atoms with Crippen molar-refractivity contribution in [1.82, 2.24) is 0 Å². The van der Waals surface area contributed by atoms with Crippen molar-refractivity contribution in [3.05, 3.63) is 373 Å². The lowest BCUT2D eigenvalue weighted by Gasteiger charge is -2.29. The number of hydrogen-bond donors (Lipinski definition) is 0. The number of rotatable bonds is 21. The van der Waals surface area contributed by atoms with Gasteiger partial charge < -0.3 is 33.2 Å². The quantitative estimate of drug-likeness (QED) is 0.0525. The summed E-state index contributed by atoms with van der Waals surface area (Å²) in [6.07, 6.45) is 0. The Bertz CT molecular complexity index is 6390. The van der Waals surface area contributed by atoms with Crippen molar-refractivity contribution >= 4 is 134 Å². The van der Waals surface area contributed by atoms with Crippen LogP contribution in [0, 0.1) is 117 Å². The molecule has 7 nitrogen and oxygen atoms in total. The van der Waals surface area contributed by atoms with E-state index in [4.69, 9.17) is 33.2 Å². The van der Waals surface area contributed by atoms with Gasteiger partial charge in [-0.25, -0.2) is 30.7 Å². The zero-order valence-electron chi connectivity index (χ0n) is 86.2. The van der Waals surface area contributed by atoms with Crippen LogP contribution in [0.3, 0.4) is 0 Å². The lowest BCUT2D eigenvalue weighted by atomic mass is 9.80. The topological polar surface area (TPSA) is 64.6 Å². The average Bonchev–Trinajstić information content (AvgIpc) is 0.778. The molecule has 14 aromatic carbocycles. The predicted molar refractivity (Wildman–Crippen MR) is 596 cm³/mol. The first-order valence-corrected chi connectivity index (χ1v) is 52.9. The number of methoxy groups -OCH3 is 7. The summed E-state index contributed by atoms with van der Waals surface area (Å²) in [5.41, 5.74) is 16.4. The number of ether oxygens (including phenoxy) is 7. The molecule has 0 aromatic heterocycles. The molecule has 0 amide bonds. The van der Waals surface area contributed by atoms with Gasteiger partial charge in [0.2, 0.25) is 0 Å². The Labute approximate surface area is 836 Å². The largest absolute Gasteiger partial charge is 0.496 e. The van der Waals surface area contributed by atoms with E-state index in [2.05, 4.69) is 145 Å². The number of halogens is 7. The van der Waals surface area contributed by atoms with Gasteiger partial charge in [0.1, 0.15) is 81.0 Å². The van der Waals surface area contributed by atoms with Crippen molar-refractivity contribution in [3.8, 4) is 40.2 Å². The normalized spacial score (nSPS) is 11.7. The Morgan fingerprint density at radius 1 is 0.180 bits per heavy atom. The minimum absolute atomic E-state index is 0.0115. The van der Waals surface area contributed by atoms with E-state index in [1.807, 2.05) is 203 Å². The minimum Gasteiger partial charge on any atom is -0.496 e. The van der Waals surface area contributed by atoms with Crippen molar-refractivity contribution in [2.45, 2.75) is 181 Å². The van der Waals surface area contributed by atoms with Gasteiger partial charge in [0.25, 0.3) is 0 Å². The van der Waals surface area contributed by atoms with Gasteiger partial charge in [-0.2, -0.15) is 0 Å². The molecule has 0 fully saturated rings. The van der Waals surface area contributed by atoms with Crippen molar-refractivity contribution < 1.29 is 63.9 Å². The standard InChI is InChI=1S/C21H28FOP.2C19H24FOP.C16H18FOP.2C15H16FOP.C13H12FOP/c1-20(2,3)14-12-15(21(4,5)6)19(23-7)18(13-14)24-17-11-9-8-10-16(17)22;1-12-7-8-16(15(20)10-12)22-17-11-13(2)9-14(18(17)21-6)19(3,4)5;1-12-7-8-16(15(20)9-12)22-17-11-14(19(3,4)5)10-13(2)18(17)21-6;1-10-5-6-14(13(17)8-10)19-15-9-11(2)7-12(3)16(15)18-4;1-10-5-7-14(12(16)8-10)18-15-9-11(2)4-6-13(15)17-3;1-10-7-8-13(12(16)9-10)18-14-6-4-5-11(2)15(14)17-3;1-15-11-7-3-5-9-13(11)16-12-8-4-2-6-10(12)14/h8-13,24H,1-7H3;2*7-11,22H,1-6H3;5-9,19H,1-4H3;2*4-9,18H,1-3H3;2-9,16H,1H3. The summed E-state index contributed by atoms with van der Waals surface area (Å²) in [7, 11) is 13.5. The number of para-hydroxylation sites is 2. The summed E-state index contributed by atoms with van der Waals surface area (Å²) in [5, 5.41) is 12.4. The van der Waals surface area contributed by atoms with Crippen molar-refractivity contribution in [2.75, 3.05) is 49.8 Å². The molecule has 0 radical (unpaired) electrons. The van der Waals surface area contributed by atoms with Gasteiger partial charge in [-0.1, -0.05) is 313 Å². The molecule has 0 aliphatic heterocycles. The van der Waals surface area contributed by atoms with Crippen LogP contribution in [0.25, 0.3) is 0 Å². The molecule has 7 unspecified atom stereocenters. The summed E-state index contributed by atoms with van der Waals surface area (Å²) >= 11 is 0. The Morgan fingerprint density at radius 2 is 0.446 bits per heavy atom. The fraction of sp³-hybridized carbons (Fsp3) is 0.288. The van der Waals surface area contributed by atoms with Gasteiger partial charge in [-0.15, -0.1) is 0 Å². The monoisotopic (exact) mass is 2020 g/mol. The zero-order chi connectivity index (χ0) is 103. The molecule has 0 aliphatic carbocycles. The van der Waals surface area contributed by atoms with E-state index in [1.165, 1.54) is 45.5 Å². The lowest BCUT2D eigenvalue weighted by molar-refractivity contribution is 0.400. The van der Waals surface area contributed by atoms with Crippen LogP contribution in [-0.2, 0) is 21.7 Å². The molecule has 736 valence electrons. The van der Waals surface area contributed by atoms with E-state index >= 15 is 0 Å². The molecule has 0 bridgehead atoms. The fourth-order valence-corrected chi connectivity index (χ4v) is 23.8. The molecule has 0 heterocycles. The maximum absolute atomic E-state index is 14.2. The van der Waals surface area contributed by atoms with Crippen molar-refractivity contribution in [3.63, 3.8) is 0 Å². The fourth-order valence-electron chi connectivity index (χ4n) is 14.9. The number of benzene rings is 14. The summed E-state index contributed by atoms with van der Waals surface area (Å²) in [6, 6.07) is 77.6. The number of hydrogen-bond acceptors (Lipinski definition) is 7. The molecule has 0 saturated carbocycles. The molecule has 14 aromatic rings. The summed E-state index contributed by atoms with van der Waals surface area (Å²) in [6.45, 7) is 48.0. The average molecular weight is 2020 g/mol. The Hall–Kier alpha value is -9.80. The number of aryl methyl sites for hydroxylation is 11. The van der Waals surface area contributed by atoms with E-state index in [-0.39, 0.29) is 122 Å². The Balaban J connectivity index is 0.000000199. The summed E-state index contributed by atoms with van der Waals surface area (Å²) < 4.78 is 136. The minimum atomic E-state index is -0.160. The van der Waals surface area contributed by atoms with E-state index in [0.29, 0.717) is 5.30 Å². The van der Waals surface area contributed by atoms with Crippen molar-refractivity contribution in [1.29, 1.82) is 0 Å². The highest BCUT2D eigenvalue weighted by Crippen LogP contribution is 2.40. The van der Waals surface area contributed by atoms with Gasteiger partial charge in [-0.3, -0.25) is 0 Å². The van der Waals surface area contributed by atoms with Gasteiger partial charge >= 0.3 is 0 Å². The van der Waals surface area contributed by atoms with Gasteiger partial charge in [0.15, 0.2) is 0 Å². The second kappa shape index (κ2) is 52.8. The van der Waals surface area contributed by atoms with E-state index < -0.39 is 0 Å². The smallest absolute Gasteiger partial charge is 0.131 e. The second-order valence-corrected chi connectivity index (χ2v) is 47.6. The molecule has 139 heavy (non-hydrogen) atoms. The molecule has 0 spiro atoms. The van der Waals surface area contributed by atoms with Crippen LogP contribution in [0.2, 0.25) is 0 Å². The zero-order valence-corrected chi connectivity index (χ0v) is 93.2. The molecule has 0 aliphatic rings. The first-order chi connectivity index (χ1) is 65.5. The van der Waals surface area contributed by atoms with E-state index in [9.17, 15) is 30.7 Å². The third kappa shape index (κ3) is 34.0. The maximum atomic E-state index is 14.2. The van der Waals surface area contributed by atoms with Crippen LogP contribution in [0.4, 0.5) is 30.7 Å². The summed E-state index contributed by atoms with van der Waals surface area (Å²) in [4.78, 5) is 0. The van der Waals surface area contributed by atoms with Crippen molar-refractivity contribution in [2.24, 2.45) is 0 Å². The third-order valence-electron chi connectivity index (χ3n) is 22.3. The van der Waals surface area contributed by atoms with E-state index in [1.54, 1.807) is 98.3 Å². The Kier molecular flexibility index (Phi) is 43.5. The van der Waals surface area contributed by atoms with Crippen LogP contribution >= 0.6 is 60.1 Å². The van der Waals surface area contributed by atoms with Crippen LogP contribution in [0.1, 0.15) is 167 Å². The highest BCUT2D eigenvalue weighted by molar-refractivity contribution is 7.57. The van der Waals surface area contributed by atoms with Crippen LogP contribution in [0.5, 0.6) is 40.2 Å². The van der Waals surface area contributed by atoms with Gasteiger partial charge in [0.05, 0.1) is 49.8 Å². The molecule has 21 heteroatoms. The van der Waals surface area contributed by atoms with E-state index in [0.717, 1.165) is 159 Å². The SMILES string of the molecule is COc1c(C)cc(C(C)(C)C)cc1Pc1ccc(C)cc1F.COc1c(C)cc(C)cc1Pc1ccc(C)cc1F.COc1c(C)cccc1Pc1ccc(C)cc1F.COc1c(Pc2ccc(C)cc2F)cc(C)cc1C(C)(C)C.COc1c(Pc2ccccc2F)cc(C(C)(C)C)cc1C(C)(C)C.COc1ccc(C)cc1Pc1ccc(C)cc1F.COc1ccccc1Pc1ccccc1F. The first-order valence-electron chi connectivity index (χ1n) is 45.9. The first kappa shape index (κ1) is 114. The molecule has 7 atom stereocenters.